The third-order valence-electron chi connectivity index (χ3n) is 5.52. The fourth-order valence-electron chi connectivity index (χ4n) is 3.94. The van der Waals surface area contributed by atoms with E-state index in [1.54, 1.807) is 12.1 Å². The van der Waals surface area contributed by atoms with Crippen LogP contribution in [-0.2, 0) is 17.4 Å². The molecule has 0 saturated carbocycles. The van der Waals surface area contributed by atoms with Crippen LogP contribution in [-0.4, -0.2) is 24.4 Å². The molecule has 3 aromatic carbocycles. The first-order valence-corrected chi connectivity index (χ1v) is 10.4. The zero-order chi connectivity index (χ0) is 23.6. The number of fused-ring (bicyclic) bond motifs is 1. The van der Waals surface area contributed by atoms with Crippen molar-refractivity contribution in [3.8, 4) is 0 Å². The summed E-state index contributed by atoms with van der Waals surface area (Å²) >= 11 is 0. The van der Waals surface area contributed by atoms with Crippen molar-refractivity contribution in [1.29, 1.82) is 0 Å². The third kappa shape index (κ3) is 5.16. The highest BCUT2D eigenvalue weighted by Gasteiger charge is 2.30. The largest absolute Gasteiger partial charge is 0.416 e. The Hall–Kier alpha value is -3.81. The van der Waals surface area contributed by atoms with E-state index in [-0.39, 0.29) is 29.7 Å². The van der Waals surface area contributed by atoms with E-state index in [0.717, 1.165) is 24.2 Å². The van der Waals surface area contributed by atoms with Gasteiger partial charge in [-0.2, -0.15) is 13.2 Å². The van der Waals surface area contributed by atoms with Gasteiger partial charge in [-0.25, -0.2) is 0 Å². The molecule has 1 aliphatic heterocycles. The lowest BCUT2D eigenvalue weighted by molar-refractivity contribution is -0.137. The lowest BCUT2D eigenvalue weighted by atomic mass is 10.1. The minimum absolute atomic E-state index is 0.0333. The summed E-state index contributed by atoms with van der Waals surface area (Å²) in [6.07, 6.45) is -3.63. The number of anilines is 3. The minimum atomic E-state index is -4.50. The Morgan fingerprint density at radius 1 is 0.939 bits per heavy atom. The fourth-order valence-corrected chi connectivity index (χ4v) is 3.94. The average Bonchev–Trinajstić information content (AvgIpc) is 3.08. The van der Waals surface area contributed by atoms with Crippen LogP contribution in [0.1, 0.15) is 28.4 Å². The number of para-hydroxylation sites is 1. The molecule has 4 rings (SSSR count). The van der Waals surface area contributed by atoms with Gasteiger partial charge in [-0.15, -0.1) is 0 Å². The molecular formula is C25H22F3N3O2. The van der Waals surface area contributed by atoms with Gasteiger partial charge in [0.15, 0.2) is 0 Å². The van der Waals surface area contributed by atoms with E-state index in [1.165, 1.54) is 29.8 Å². The number of nitrogens with one attached hydrogen (secondary N) is 2. The van der Waals surface area contributed by atoms with Crippen LogP contribution < -0.4 is 15.5 Å². The van der Waals surface area contributed by atoms with Crippen molar-refractivity contribution in [2.75, 3.05) is 22.1 Å². The summed E-state index contributed by atoms with van der Waals surface area (Å²) in [4.78, 5) is 27.3. The molecule has 170 valence electrons. The molecule has 0 spiro atoms. The average molecular weight is 453 g/mol. The fraction of sp³-hybridized carbons (Fsp3) is 0.200. The second-order valence-corrected chi connectivity index (χ2v) is 7.97. The number of rotatable bonds is 5. The number of benzene rings is 3. The van der Waals surface area contributed by atoms with Gasteiger partial charge in [0.2, 0.25) is 5.91 Å². The first-order chi connectivity index (χ1) is 15.7. The Bertz CT molecular complexity index is 1190. The molecule has 0 aromatic heterocycles. The maximum atomic E-state index is 12.9. The molecule has 1 aliphatic rings. The van der Waals surface area contributed by atoms with Crippen LogP contribution >= 0.6 is 0 Å². The highest BCUT2D eigenvalue weighted by atomic mass is 19.4. The topological polar surface area (TPSA) is 61.4 Å². The molecule has 8 heteroatoms. The first-order valence-electron chi connectivity index (χ1n) is 10.4. The van der Waals surface area contributed by atoms with Gasteiger partial charge in [0.25, 0.3) is 5.91 Å². The number of hydrogen-bond donors (Lipinski definition) is 2. The van der Waals surface area contributed by atoms with Crippen LogP contribution in [0.3, 0.4) is 0 Å². The lowest BCUT2D eigenvalue weighted by Gasteiger charge is -2.24. The number of carbonyl (C=O) groups is 2. The lowest BCUT2D eigenvalue weighted by Crippen LogP contribution is -2.37. The van der Waals surface area contributed by atoms with E-state index >= 15 is 0 Å². The molecule has 1 atom stereocenters. The van der Waals surface area contributed by atoms with Gasteiger partial charge in [0, 0.05) is 28.7 Å². The van der Waals surface area contributed by atoms with Gasteiger partial charge in [-0.1, -0.05) is 30.3 Å². The standard InChI is InChI=1S/C25H22F3N3O2/c1-16-12-17-6-2-3-11-22(17)31(16)15-23(32)29-20-9-4-7-18(13-20)24(33)30-21-10-5-8-19(14-21)25(26,27)28/h2-11,13-14,16H,12,15H2,1H3,(H,29,32)(H,30,33)/t16-/m1/s1. The zero-order valence-electron chi connectivity index (χ0n) is 17.8. The molecule has 0 aliphatic carbocycles. The summed E-state index contributed by atoms with van der Waals surface area (Å²) in [7, 11) is 0. The van der Waals surface area contributed by atoms with Crippen LogP contribution in [0.2, 0.25) is 0 Å². The monoisotopic (exact) mass is 453 g/mol. The van der Waals surface area contributed by atoms with Gasteiger partial charge in [0.1, 0.15) is 0 Å². The summed E-state index contributed by atoms with van der Waals surface area (Å²) in [5.41, 5.74) is 2.06. The van der Waals surface area contributed by atoms with Crippen LogP contribution in [0.15, 0.2) is 72.8 Å². The van der Waals surface area contributed by atoms with Crippen molar-refractivity contribution in [2.45, 2.75) is 25.6 Å². The summed E-state index contributed by atoms with van der Waals surface area (Å²) < 4.78 is 38.7. The van der Waals surface area contributed by atoms with Crippen LogP contribution in [0.5, 0.6) is 0 Å². The SMILES string of the molecule is C[C@@H]1Cc2ccccc2N1CC(=O)Nc1cccc(C(=O)Nc2cccc(C(F)(F)F)c2)c1. The normalized spacial score (nSPS) is 15.2. The maximum absolute atomic E-state index is 12.9. The summed E-state index contributed by atoms with van der Waals surface area (Å²) in [6.45, 7) is 2.23. The van der Waals surface area contributed by atoms with Crippen LogP contribution in [0.25, 0.3) is 0 Å². The highest BCUT2D eigenvalue weighted by Crippen LogP contribution is 2.32. The van der Waals surface area contributed by atoms with E-state index in [0.29, 0.717) is 5.69 Å². The van der Waals surface area contributed by atoms with E-state index in [4.69, 9.17) is 0 Å². The van der Waals surface area contributed by atoms with E-state index in [9.17, 15) is 22.8 Å². The molecule has 0 fully saturated rings. The number of amides is 2. The van der Waals surface area contributed by atoms with E-state index in [2.05, 4.69) is 23.6 Å². The van der Waals surface area contributed by atoms with Crippen molar-refractivity contribution in [3.63, 3.8) is 0 Å². The number of carbonyl (C=O) groups excluding carboxylic acids is 2. The number of nitrogens with zero attached hydrogens (tertiary/aromatic N) is 1. The Labute approximate surface area is 189 Å². The van der Waals surface area contributed by atoms with Crippen molar-refractivity contribution < 1.29 is 22.8 Å². The smallest absolute Gasteiger partial charge is 0.359 e. The molecule has 0 bridgehead atoms. The summed E-state index contributed by atoms with van der Waals surface area (Å²) in [6, 6.07) is 18.8. The third-order valence-corrected chi connectivity index (χ3v) is 5.52. The number of hydrogen-bond acceptors (Lipinski definition) is 3. The Morgan fingerprint density at radius 3 is 2.39 bits per heavy atom. The first kappa shape index (κ1) is 22.4. The summed E-state index contributed by atoms with van der Waals surface area (Å²) in [5, 5.41) is 5.27. The Morgan fingerprint density at radius 2 is 1.64 bits per heavy atom. The van der Waals surface area contributed by atoms with Gasteiger partial charge in [-0.05, 0) is 61.4 Å². The Kier molecular flexibility index (Phi) is 6.09. The van der Waals surface area contributed by atoms with Gasteiger partial charge >= 0.3 is 6.18 Å². The predicted octanol–water partition coefficient (Wildman–Crippen LogP) is 5.35. The molecule has 33 heavy (non-hydrogen) atoms. The van der Waals surface area contributed by atoms with Gasteiger partial charge < -0.3 is 15.5 Å². The van der Waals surface area contributed by atoms with Gasteiger partial charge in [-0.3, -0.25) is 9.59 Å². The maximum Gasteiger partial charge on any atom is 0.416 e. The van der Waals surface area contributed by atoms with Crippen molar-refractivity contribution >= 4 is 28.9 Å². The summed E-state index contributed by atoms with van der Waals surface area (Å²) in [5.74, 6) is -0.804. The van der Waals surface area contributed by atoms with Crippen molar-refractivity contribution in [1.82, 2.24) is 0 Å². The van der Waals surface area contributed by atoms with Crippen LogP contribution in [0.4, 0.5) is 30.2 Å². The van der Waals surface area contributed by atoms with Crippen LogP contribution in [0, 0.1) is 0 Å². The molecule has 5 nitrogen and oxygen atoms in total. The minimum Gasteiger partial charge on any atom is -0.359 e. The molecule has 1 heterocycles. The second kappa shape index (κ2) is 8.97. The highest BCUT2D eigenvalue weighted by molar-refractivity contribution is 6.05. The molecule has 0 saturated heterocycles. The molecular weight excluding hydrogens is 431 g/mol. The molecule has 0 unspecified atom stereocenters. The predicted molar refractivity (Wildman–Crippen MR) is 121 cm³/mol. The number of alkyl halides is 3. The van der Waals surface area contributed by atoms with Crippen molar-refractivity contribution in [3.05, 3.63) is 89.5 Å². The van der Waals surface area contributed by atoms with E-state index < -0.39 is 17.6 Å². The number of halogens is 3. The quantitative estimate of drug-likeness (QED) is 0.548. The van der Waals surface area contributed by atoms with Gasteiger partial charge in [0.05, 0.1) is 12.1 Å². The molecule has 3 aromatic rings. The Balaban J connectivity index is 1.42. The zero-order valence-corrected chi connectivity index (χ0v) is 17.8. The molecule has 2 amide bonds. The molecule has 0 radical (unpaired) electrons. The van der Waals surface area contributed by atoms with Crippen molar-refractivity contribution in [2.24, 2.45) is 0 Å². The second-order valence-electron chi connectivity index (χ2n) is 7.97. The van der Waals surface area contributed by atoms with E-state index in [1.807, 2.05) is 23.1 Å². The molecule has 2 N–H and O–H groups in total.